The molecule has 1 fully saturated rings. The van der Waals surface area contributed by atoms with Gasteiger partial charge in [-0.2, -0.15) is 0 Å². The molecule has 0 bridgehead atoms. The molecule has 1 unspecified atom stereocenters. The third-order valence-corrected chi connectivity index (χ3v) is 6.42. The van der Waals surface area contributed by atoms with E-state index in [4.69, 9.17) is 21.1 Å². The lowest BCUT2D eigenvalue weighted by atomic mass is 9.72. The van der Waals surface area contributed by atoms with Gasteiger partial charge in [0.15, 0.2) is 6.10 Å². The van der Waals surface area contributed by atoms with Crippen LogP contribution in [0, 0.1) is 5.92 Å². The van der Waals surface area contributed by atoms with Crippen molar-refractivity contribution >= 4 is 29.3 Å². The first-order valence-electron chi connectivity index (χ1n) is 10.7. The Morgan fingerprint density at radius 1 is 1.19 bits per heavy atom. The van der Waals surface area contributed by atoms with Crippen LogP contribution in [0.3, 0.4) is 0 Å². The number of rotatable bonds is 8. The second kappa shape index (κ2) is 11.6. The summed E-state index contributed by atoms with van der Waals surface area (Å²) in [5, 5.41) is 9.71. The van der Waals surface area contributed by atoms with Crippen molar-refractivity contribution in [1.29, 1.82) is 0 Å². The molecule has 5 atom stereocenters. The van der Waals surface area contributed by atoms with Gasteiger partial charge in [0.1, 0.15) is 11.7 Å². The number of ether oxygens (including phenoxy) is 2. The van der Waals surface area contributed by atoms with Crippen LogP contribution < -0.4 is 0 Å². The summed E-state index contributed by atoms with van der Waals surface area (Å²) in [5.41, 5.74) is 0.313. The van der Waals surface area contributed by atoms with Crippen LogP contribution in [0.15, 0.2) is 47.1 Å². The summed E-state index contributed by atoms with van der Waals surface area (Å²) in [7, 11) is 0. The van der Waals surface area contributed by atoms with E-state index in [1.165, 1.54) is 6.92 Å². The second-order valence-corrected chi connectivity index (χ2v) is 9.10. The normalized spacial score (nSPS) is 27.4. The zero-order valence-electron chi connectivity index (χ0n) is 20.0. The number of carbonyl (C=O) groups excluding carboxylic acids is 3. The highest BCUT2D eigenvalue weighted by molar-refractivity contribution is 6.24. The van der Waals surface area contributed by atoms with E-state index in [-0.39, 0.29) is 6.42 Å². The first-order chi connectivity index (χ1) is 14.8. The number of halogens is 1. The molecular formula is C25H35ClO6. The van der Waals surface area contributed by atoms with E-state index < -0.39 is 46.8 Å². The average Bonchev–Trinajstić information content (AvgIpc) is 2.74. The van der Waals surface area contributed by atoms with Gasteiger partial charge < -0.3 is 14.6 Å². The molecule has 1 aliphatic carbocycles. The van der Waals surface area contributed by atoms with Crippen LogP contribution in [0.25, 0.3) is 0 Å². The van der Waals surface area contributed by atoms with E-state index in [0.29, 0.717) is 23.1 Å². The minimum Gasteiger partial charge on any atom is -0.454 e. The van der Waals surface area contributed by atoms with Crippen LogP contribution in [-0.4, -0.2) is 46.0 Å². The van der Waals surface area contributed by atoms with E-state index in [2.05, 4.69) is 6.58 Å². The Bertz CT molecular complexity index is 844. The van der Waals surface area contributed by atoms with Gasteiger partial charge in [0, 0.05) is 23.5 Å². The highest BCUT2D eigenvalue weighted by Crippen LogP contribution is 2.40. The third kappa shape index (κ3) is 6.66. The monoisotopic (exact) mass is 466 g/mol. The summed E-state index contributed by atoms with van der Waals surface area (Å²) in [6.07, 6.45) is 3.51. The minimum absolute atomic E-state index is 0.122. The molecule has 0 aromatic carbocycles. The minimum atomic E-state index is -1.87. The quantitative estimate of drug-likeness (QED) is 0.243. The number of aliphatic hydroxyl groups is 1. The molecule has 0 aromatic heterocycles. The molecule has 1 rings (SSSR count). The van der Waals surface area contributed by atoms with Gasteiger partial charge in [-0.25, -0.2) is 9.59 Å². The molecule has 0 amide bonds. The molecule has 0 aliphatic heterocycles. The van der Waals surface area contributed by atoms with Crippen LogP contribution in [0.4, 0.5) is 0 Å². The molecule has 32 heavy (non-hydrogen) atoms. The molecule has 7 heteroatoms. The molecule has 0 heterocycles. The van der Waals surface area contributed by atoms with Crippen LogP contribution in [0.1, 0.15) is 61.3 Å². The molecule has 0 saturated heterocycles. The Balaban J connectivity index is 3.37. The van der Waals surface area contributed by atoms with E-state index in [1.807, 2.05) is 19.9 Å². The van der Waals surface area contributed by atoms with Crippen molar-refractivity contribution in [2.45, 2.75) is 84.5 Å². The van der Waals surface area contributed by atoms with Gasteiger partial charge in [-0.1, -0.05) is 30.4 Å². The van der Waals surface area contributed by atoms with Crippen molar-refractivity contribution in [3.8, 4) is 0 Å². The predicted octanol–water partition coefficient (Wildman–Crippen LogP) is 4.60. The van der Waals surface area contributed by atoms with Gasteiger partial charge in [0.2, 0.25) is 5.78 Å². The fourth-order valence-electron chi connectivity index (χ4n) is 3.21. The number of ketones is 1. The predicted molar refractivity (Wildman–Crippen MR) is 125 cm³/mol. The van der Waals surface area contributed by atoms with E-state index in [0.717, 1.165) is 5.57 Å². The summed E-state index contributed by atoms with van der Waals surface area (Å²) in [4.78, 5) is 38.0. The summed E-state index contributed by atoms with van der Waals surface area (Å²) >= 11 is 6.35. The molecule has 1 aliphatic rings. The van der Waals surface area contributed by atoms with Crippen LogP contribution in [0.5, 0.6) is 0 Å². The lowest BCUT2D eigenvalue weighted by Crippen LogP contribution is -2.58. The summed E-state index contributed by atoms with van der Waals surface area (Å²) in [5.74, 6) is -2.61. The van der Waals surface area contributed by atoms with Crippen LogP contribution in [0.2, 0.25) is 0 Å². The maximum absolute atomic E-state index is 13.1. The molecule has 1 N–H and O–H groups in total. The number of allylic oxidation sites excluding steroid dienone is 3. The Kier molecular flexibility index (Phi) is 10.1. The van der Waals surface area contributed by atoms with Crippen LogP contribution >= 0.6 is 11.6 Å². The third-order valence-electron chi connectivity index (χ3n) is 5.82. The number of carbonyl (C=O) groups is 3. The Morgan fingerprint density at radius 3 is 2.22 bits per heavy atom. The van der Waals surface area contributed by atoms with Gasteiger partial charge >= 0.3 is 11.9 Å². The summed E-state index contributed by atoms with van der Waals surface area (Å²) in [6, 6.07) is 0. The largest absolute Gasteiger partial charge is 0.454 e. The summed E-state index contributed by atoms with van der Waals surface area (Å²) in [6.45, 7) is 15.9. The number of hydrogen-bond acceptors (Lipinski definition) is 6. The van der Waals surface area contributed by atoms with Crippen molar-refractivity contribution in [3.05, 3.63) is 47.1 Å². The highest BCUT2D eigenvalue weighted by atomic mass is 35.5. The zero-order valence-corrected chi connectivity index (χ0v) is 20.8. The van der Waals surface area contributed by atoms with E-state index >= 15 is 0 Å². The molecule has 6 nitrogen and oxygen atoms in total. The lowest BCUT2D eigenvalue weighted by Gasteiger charge is -2.42. The maximum atomic E-state index is 13.1. The average molecular weight is 467 g/mol. The van der Waals surface area contributed by atoms with Crippen molar-refractivity contribution in [2.75, 3.05) is 0 Å². The molecule has 1 saturated carbocycles. The molecule has 0 radical (unpaired) electrons. The number of esters is 2. The maximum Gasteiger partial charge on any atom is 0.334 e. The van der Waals surface area contributed by atoms with E-state index in [9.17, 15) is 19.5 Å². The van der Waals surface area contributed by atoms with E-state index in [1.54, 1.807) is 39.8 Å². The summed E-state index contributed by atoms with van der Waals surface area (Å²) < 4.78 is 11.2. The topological polar surface area (TPSA) is 89.9 Å². The Labute approximate surface area is 196 Å². The fraction of sp³-hybridized carbons (Fsp3) is 0.560. The van der Waals surface area contributed by atoms with Crippen molar-refractivity contribution in [2.24, 2.45) is 5.92 Å². The van der Waals surface area contributed by atoms with Gasteiger partial charge in [-0.3, -0.25) is 4.79 Å². The molecule has 178 valence electrons. The van der Waals surface area contributed by atoms with Crippen molar-refractivity contribution in [3.63, 3.8) is 0 Å². The lowest BCUT2D eigenvalue weighted by molar-refractivity contribution is -0.167. The fourth-order valence-corrected chi connectivity index (χ4v) is 3.50. The van der Waals surface area contributed by atoms with Crippen LogP contribution in [-0.2, 0) is 23.9 Å². The number of Topliss-reactive ketones (excluding diaryl/α,β-unsaturated/α-hetero) is 1. The van der Waals surface area contributed by atoms with Gasteiger partial charge in [0.25, 0.3) is 0 Å². The SMILES string of the molecule is C=C(C(CC=C(C)C)OC(=O)/C(C)=C\C)[C@@H]1C[C@@H](Cl)[C@](C)(O)C(=O)[C@H]1OC(=O)/C(C)=C\C. The number of hydrogen-bond donors (Lipinski definition) is 1. The molecule has 0 aromatic rings. The molecule has 0 spiro atoms. The smallest absolute Gasteiger partial charge is 0.334 e. The number of alkyl halides is 1. The standard InChI is InChI=1S/C25H35ClO6/c1-9-15(5)23(28)31-19(12-11-14(3)4)17(7)18-13-20(26)25(8,30)22(27)21(18)32-24(29)16(6)10-2/h9-11,18-21,30H,7,12-13H2,1-6,8H3/b15-9-,16-10-/t18-,19?,20+,21-,25-/m0/s1. The van der Waals surface area contributed by atoms with Gasteiger partial charge in [-0.05, 0) is 60.5 Å². The van der Waals surface area contributed by atoms with Gasteiger partial charge in [0.05, 0.1) is 5.38 Å². The van der Waals surface area contributed by atoms with Crippen molar-refractivity contribution in [1.82, 2.24) is 0 Å². The Morgan fingerprint density at radius 2 is 1.72 bits per heavy atom. The zero-order chi connectivity index (χ0) is 24.8. The second-order valence-electron chi connectivity index (χ2n) is 8.58. The van der Waals surface area contributed by atoms with Gasteiger partial charge in [-0.15, -0.1) is 11.6 Å². The van der Waals surface area contributed by atoms with Crippen molar-refractivity contribution < 1.29 is 29.0 Å². The first kappa shape index (κ1) is 27.9. The molecular weight excluding hydrogens is 432 g/mol. The Hall–Kier alpha value is -2.18. The highest BCUT2D eigenvalue weighted by Gasteiger charge is 2.53. The first-order valence-corrected chi connectivity index (χ1v) is 11.1.